The SMILES string of the molecule is CC1(C)c2ccc(-c3cccc4sc5ccccc5c34)cc2-c2cccc(Cl)c21.CC1(C)c2ccccc2-c2c(Cl)cc(-c3ccc4c(c3)oc3ccccc34)cc21.Cc1cc(Cl)cc(-c2ccc3c(c2)oc2ccccc23)c1.Clc1cc(-c2ccc3oc4ccccc4c3c2)c2ccccc2c1.Clc1cc(-c2cccc3ccccc23)cc(-c2cccc3c2oc2ccccc23)c1. The van der Waals surface area contributed by atoms with E-state index in [0.717, 1.165) is 169 Å². The second-order valence-corrected chi connectivity index (χ2v) is 38.7. The van der Waals surface area contributed by atoms with Gasteiger partial charge in [0, 0.05) is 110 Å². The van der Waals surface area contributed by atoms with E-state index in [4.69, 9.17) is 75.7 Å². The van der Waals surface area contributed by atoms with E-state index >= 15 is 0 Å². The largest absolute Gasteiger partial charge is 0.456 e. The third-order valence-electron chi connectivity index (χ3n) is 26.7. The van der Waals surface area contributed by atoms with Crippen molar-refractivity contribution in [3.63, 3.8) is 0 Å². The van der Waals surface area contributed by atoms with Gasteiger partial charge in [-0.05, 0) is 274 Å². The first-order valence-corrected chi connectivity index (χ1v) is 47.3. The molecule has 2 aliphatic rings. The van der Waals surface area contributed by atoms with Crippen molar-refractivity contribution in [2.45, 2.75) is 45.4 Å². The van der Waals surface area contributed by atoms with Crippen LogP contribution in [0.15, 0.2) is 418 Å². The summed E-state index contributed by atoms with van der Waals surface area (Å²) in [6.07, 6.45) is 0. The molecule has 20 aromatic carbocycles. The van der Waals surface area contributed by atoms with Crippen molar-refractivity contribution in [3.8, 4) is 89.0 Å². The molecular formula is C123H81Cl5O4S. The van der Waals surface area contributed by atoms with Crippen LogP contribution in [0.25, 0.3) is 218 Å². The fraction of sp³-hybridized carbons (Fsp3) is 0.0569. The van der Waals surface area contributed by atoms with Crippen molar-refractivity contribution in [3.05, 3.63) is 453 Å². The lowest BCUT2D eigenvalue weighted by Crippen LogP contribution is -2.15. The highest BCUT2D eigenvalue weighted by molar-refractivity contribution is 7.26. The zero-order valence-electron chi connectivity index (χ0n) is 73.0. The van der Waals surface area contributed by atoms with Gasteiger partial charge in [-0.2, -0.15) is 0 Å². The third kappa shape index (κ3) is 14.9. The predicted octanol–water partition coefficient (Wildman–Crippen LogP) is 38.9. The van der Waals surface area contributed by atoms with E-state index in [1.807, 2.05) is 139 Å². The maximum atomic E-state index is 6.84. The van der Waals surface area contributed by atoms with Gasteiger partial charge in [-0.25, -0.2) is 0 Å². The Hall–Kier alpha value is -14.2. The monoisotopic (exact) mass is 1830 g/mol. The van der Waals surface area contributed by atoms with Crippen LogP contribution in [0.4, 0.5) is 0 Å². The second kappa shape index (κ2) is 33.6. The standard InChI is InChI=1S/C28H17ClO.C27H19ClO.C27H19ClS.C22H13ClO.C19H13ClO/c29-21-16-19(23-11-5-8-18-7-1-2-9-22(18)23)15-20(17-21)24-12-6-13-26-25-10-3-4-14-27(25)30-28(24)26;1-27(2)21-9-5-3-8-20(21)26-22(27)13-17(14-23(26)28)16-11-12-19-18-7-4-6-10-24(18)29-25(19)15-16;1-27(2)21-14-13-16(15-20(21)18-9-5-10-22(28)26(18)27)17-8-6-12-24-25(17)19-7-3-4-11-23(19)29-24;23-16-11-14-5-1-2-6-17(14)19(13-16)15-9-10-22-20(12-15)18-7-3-4-8-21(18)24-22;1-12-8-14(10-15(20)9-12)13-6-7-17-16-4-2-3-5-18(16)21-19(17)11-13/h1-17H;2*3-15H,1-2H3;1-13H;2-11H,1H3. The van der Waals surface area contributed by atoms with E-state index in [2.05, 4.69) is 308 Å². The zero-order valence-corrected chi connectivity index (χ0v) is 77.6. The van der Waals surface area contributed by atoms with E-state index in [9.17, 15) is 0 Å². The van der Waals surface area contributed by atoms with Crippen LogP contribution in [-0.2, 0) is 10.8 Å². The molecule has 0 saturated carbocycles. The topological polar surface area (TPSA) is 52.6 Å². The van der Waals surface area contributed by atoms with Gasteiger partial charge in [0.05, 0.1) is 0 Å². The van der Waals surface area contributed by atoms with Gasteiger partial charge in [-0.15, -0.1) is 11.3 Å². The Bertz CT molecular complexity index is 9000. The minimum absolute atomic E-state index is 0.0744. The minimum atomic E-state index is -0.0807. The highest BCUT2D eigenvalue weighted by Gasteiger charge is 2.39. The summed E-state index contributed by atoms with van der Waals surface area (Å²) < 4.78 is 26.9. The highest BCUT2D eigenvalue weighted by atomic mass is 35.5. The quantitative estimate of drug-likeness (QED) is 0.166. The van der Waals surface area contributed by atoms with E-state index in [1.54, 1.807) is 0 Å². The van der Waals surface area contributed by atoms with Crippen LogP contribution in [-0.4, -0.2) is 0 Å². The van der Waals surface area contributed by atoms with E-state index < -0.39 is 0 Å². The van der Waals surface area contributed by atoms with E-state index in [1.165, 1.54) is 97.5 Å². The fourth-order valence-electron chi connectivity index (χ4n) is 20.4. The molecule has 0 spiro atoms. The van der Waals surface area contributed by atoms with Crippen LogP contribution in [0.1, 0.15) is 55.5 Å². The molecule has 5 aromatic heterocycles. The van der Waals surface area contributed by atoms with Gasteiger partial charge in [0.2, 0.25) is 0 Å². The number of para-hydroxylation sites is 5. The highest BCUT2D eigenvalue weighted by Crippen LogP contribution is 2.56. The lowest BCUT2D eigenvalue weighted by molar-refractivity contribution is 0.660. The molecule has 0 saturated heterocycles. The molecule has 0 unspecified atom stereocenters. The van der Waals surface area contributed by atoms with Gasteiger partial charge >= 0.3 is 0 Å². The van der Waals surface area contributed by atoms with Crippen molar-refractivity contribution in [1.29, 1.82) is 0 Å². The Morgan fingerprint density at radius 2 is 0.684 bits per heavy atom. The smallest absolute Gasteiger partial charge is 0.143 e. The van der Waals surface area contributed by atoms with Crippen molar-refractivity contribution in [2.75, 3.05) is 0 Å². The normalized spacial score (nSPS) is 12.7. The minimum Gasteiger partial charge on any atom is -0.456 e. The van der Waals surface area contributed by atoms with Gasteiger partial charge in [0.25, 0.3) is 0 Å². The summed E-state index contributed by atoms with van der Waals surface area (Å²) in [7, 11) is 0. The zero-order chi connectivity index (χ0) is 90.1. The van der Waals surface area contributed by atoms with Gasteiger partial charge in [0.1, 0.15) is 44.7 Å². The number of aryl methyl sites for hydroxylation is 1. The van der Waals surface area contributed by atoms with Crippen LogP contribution in [0.5, 0.6) is 0 Å². The van der Waals surface area contributed by atoms with Gasteiger partial charge < -0.3 is 17.7 Å². The van der Waals surface area contributed by atoms with Crippen LogP contribution < -0.4 is 0 Å². The Morgan fingerprint density at radius 1 is 0.226 bits per heavy atom. The molecule has 0 amide bonds. The van der Waals surface area contributed by atoms with E-state index in [-0.39, 0.29) is 10.8 Å². The number of halogens is 5. The Kier molecular flexibility index (Phi) is 21.0. The first-order valence-electron chi connectivity index (χ1n) is 44.6. The molecule has 0 radical (unpaired) electrons. The van der Waals surface area contributed by atoms with Crippen molar-refractivity contribution in [1.82, 2.24) is 0 Å². The molecular weight excluding hydrogens is 1750 g/mol. The summed E-state index contributed by atoms with van der Waals surface area (Å²) in [6, 6.07) is 139. The average molecular weight is 1830 g/mol. The molecule has 0 fully saturated rings. The molecule has 638 valence electrons. The van der Waals surface area contributed by atoms with E-state index in [0.29, 0.717) is 5.02 Å². The van der Waals surface area contributed by atoms with Gasteiger partial charge in [0.15, 0.2) is 0 Å². The maximum absolute atomic E-state index is 6.84. The Balaban J connectivity index is 0.0000000946. The number of fused-ring (bicyclic) bond motifs is 23. The molecule has 0 bridgehead atoms. The molecule has 4 nitrogen and oxygen atoms in total. The maximum Gasteiger partial charge on any atom is 0.143 e. The van der Waals surface area contributed by atoms with Crippen molar-refractivity contribution >= 4 is 199 Å². The third-order valence-corrected chi connectivity index (χ3v) is 29.1. The fourth-order valence-corrected chi connectivity index (χ4v) is 23.0. The summed E-state index contributed by atoms with van der Waals surface area (Å²) in [5, 5.41) is 20.5. The lowest BCUT2D eigenvalue weighted by atomic mass is 9.81. The number of furan rings is 4. The average Bonchev–Trinajstić information content (AvgIpc) is 1.55. The van der Waals surface area contributed by atoms with Gasteiger partial charge in [-0.1, -0.05) is 347 Å². The first-order chi connectivity index (χ1) is 64.9. The predicted molar refractivity (Wildman–Crippen MR) is 567 cm³/mol. The molecule has 5 heterocycles. The van der Waals surface area contributed by atoms with Crippen LogP contribution in [0.3, 0.4) is 0 Å². The summed E-state index contributed by atoms with van der Waals surface area (Å²) in [5.41, 5.74) is 32.2. The molecule has 0 atom stereocenters. The molecule has 25 aromatic rings. The molecule has 0 aliphatic heterocycles. The first kappa shape index (κ1) is 83.1. The summed E-state index contributed by atoms with van der Waals surface area (Å²) in [5.74, 6) is 0. The van der Waals surface area contributed by atoms with Crippen molar-refractivity contribution in [2.24, 2.45) is 0 Å². The number of hydrogen-bond acceptors (Lipinski definition) is 5. The summed E-state index contributed by atoms with van der Waals surface area (Å²) >= 11 is 34.4. The van der Waals surface area contributed by atoms with Crippen LogP contribution in [0, 0.1) is 6.92 Å². The van der Waals surface area contributed by atoms with Gasteiger partial charge in [-0.3, -0.25) is 0 Å². The van der Waals surface area contributed by atoms with Crippen LogP contribution >= 0.6 is 69.3 Å². The Labute approximate surface area is 797 Å². The molecule has 10 heteroatoms. The number of rotatable bonds is 6. The molecule has 27 rings (SSSR count). The lowest BCUT2D eigenvalue weighted by Gasteiger charge is -2.22. The second-order valence-electron chi connectivity index (χ2n) is 35.5. The number of thiophene rings is 1. The number of hydrogen-bond donors (Lipinski definition) is 0. The summed E-state index contributed by atoms with van der Waals surface area (Å²) in [4.78, 5) is 0. The summed E-state index contributed by atoms with van der Waals surface area (Å²) in [6.45, 7) is 11.2. The Morgan fingerprint density at radius 3 is 1.39 bits per heavy atom. The molecule has 2 aliphatic carbocycles. The molecule has 0 N–H and O–H groups in total. The number of benzene rings is 20. The van der Waals surface area contributed by atoms with Crippen LogP contribution in [0.2, 0.25) is 25.1 Å². The molecule has 133 heavy (non-hydrogen) atoms. The van der Waals surface area contributed by atoms with Crippen molar-refractivity contribution < 1.29 is 17.7 Å².